The second kappa shape index (κ2) is 3.25. The van der Waals surface area contributed by atoms with Crippen molar-refractivity contribution in [2.24, 2.45) is 0 Å². The third kappa shape index (κ3) is 1.65. The van der Waals surface area contributed by atoms with Gasteiger partial charge in [0.2, 0.25) is 5.28 Å². The number of rotatable bonds is 1. The van der Waals surface area contributed by atoms with Crippen LogP contribution in [0.1, 0.15) is 16.1 Å². The average molecular weight is 207 g/mol. The van der Waals surface area contributed by atoms with E-state index in [0.717, 1.165) is 0 Å². The summed E-state index contributed by atoms with van der Waals surface area (Å²) in [6, 6.07) is 0. The molecular weight excluding hydrogens is 203 g/mol. The molecule has 64 valence electrons. The van der Waals surface area contributed by atoms with Crippen molar-refractivity contribution in [3.63, 3.8) is 0 Å². The lowest BCUT2D eigenvalue weighted by atomic mass is 10.2. The molecule has 0 spiro atoms. The minimum absolute atomic E-state index is 0.0624. The van der Waals surface area contributed by atoms with Gasteiger partial charge in [-0.15, -0.1) is 0 Å². The summed E-state index contributed by atoms with van der Waals surface area (Å²) in [5, 5.41) is 8.51. The molecule has 0 saturated heterocycles. The molecule has 0 bridgehead atoms. The fourth-order valence-corrected chi connectivity index (χ4v) is 1.05. The van der Waals surface area contributed by atoms with E-state index in [-0.39, 0.29) is 16.1 Å². The number of carboxylic acids is 1. The van der Waals surface area contributed by atoms with Crippen LogP contribution in [-0.2, 0) is 0 Å². The number of nitrogens with zero attached hydrogens (tertiary/aromatic N) is 2. The van der Waals surface area contributed by atoms with Crippen LogP contribution in [0.15, 0.2) is 0 Å². The van der Waals surface area contributed by atoms with Crippen molar-refractivity contribution in [1.82, 2.24) is 9.97 Å². The third-order valence-corrected chi connectivity index (χ3v) is 1.80. The molecule has 0 fully saturated rings. The Bertz CT molecular complexity index is 341. The first-order valence-corrected chi connectivity index (χ1v) is 3.71. The lowest BCUT2D eigenvalue weighted by Crippen LogP contribution is -2.05. The monoisotopic (exact) mass is 206 g/mol. The lowest BCUT2D eigenvalue weighted by Gasteiger charge is -2.00. The molecule has 0 atom stereocenters. The SMILES string of the molecule is Cc1c(Cl)nc(Cl)nc1C(=O)O. The summed E-state index contributed by atoms with van der Waals surface area (Å²) in [6.07, 6.45) is 0. The number of hydrogen-bond acceptors (Lipinski definition) is 3. The van der Waals surface area contributed by atoms with Crippen LogP contribution in [0.25, 0.3) is 0 Å². The molecule has 12 heavy (non-hydrogen) atoms. The Labute approximate surface area is 78.2 Å². The highest BCUT2D eigenvalue weighted by Gasteiger charge is 2.13. The van der Waals surface area contributed by atoms with Gasteiger partial charge in [0, 0.05) is 5.56 Å². The minimum atomic E-state index is -1.17. The second-order valence-electron chi connectivity index (χ2n) is 2.06. The van der Waals surface area contributed by atoms with E-state index in [1.165, 1.54) is 6.92 Å². The van der Waals surface area contributed by atoms with E-state index >= 15 is 0 Å². The summed E-state index contributed by atoms with van der Waals surface area (Å²) >= 11 is 11.0. The molecule has 4 nitrogen and oxygen atoms in total. The number of hydrogen-bond donors (Lipinski definition) is 1. The fraction of sp³-hybridized carbons (Fsp3) is 0.167. The van der Waals surface area contributed by atoms with Crippen molar-refractivity contribution in [3.8, 4) is 0 Å². The maximum absolute atomic E-state index is 10.5. The van der Waals surface area contributed by atoms with E-state index in [1.54, 1.807) is 0 Å². The third-order valence-electron chi connectivity index (χ3n) is 1.26. The number of aromatic nitrogens is 2. The predicted octanol–water partition coefficient (Wildman–Crippen LogP) is 1.79. The van der Waals surface area contributed by atoms with Gasteiger partial charge < -0.3 is 5.11 Å². The Morgan fingerprint density at radius 3 is 2.50 bits per heavy atom. The average Bonchev–Trinajstić information content (AvgIpc) is 1.96. The maximum atomic E-state index is 10.5. The number of halogens is 2. The summed E-state index contributed by atoms with van der Waals surface area (Å²) in [7, 11) is 0. The van der Waals surface area contributed by atoms with Gasteiger partial charge in [0.05, 0.1) is 0 Å². The largest absolute Gasteiger partial charge is 0.476 e. The smallest absolute Gasteiger partial charge is 0.355 e. The van der Waals surface area contributed by atoms with E-state index < -0.39 is 5.97 Å². The summed E-state index contributed by atoms with van der Waals surface area (Å²) in [5.74, 6) is -1.17. The van der Waals surface area contributed by atoms with E-state index in [2.05, 4.69) is 9.97 Å². The Morgan fingerprint density at radius 2 is 2.00 bits per heavy atom. The molecule has 0 saturated carbocycles. The van der Waals surface area contributed by atoms with E-state index in [9.17, 15) is 4.79 Å². The van der Waals surface area contributed by atoms with Crippen molar-refractivity contribution in [2.45, 2.75) is 6.92 Å². The maximum Gasteiger partial charge on any atom is 0.355 e. The summed E-state index contributed by atoms with van der Waals surface area (Å²) in [4.78, 5) is 17.6. The Morgan fingerprint density at radius 1 is 1.42 bits per heavy atom. The van der Waals surface area contributed by atoms with Gasteiger partial charge in [-0.1, -0.05) is 11.6 Å². The zero-order valence-corrected chi connectivity index (χ0v) is 7.52. The molecule has 1 N–H and O–H groups in total. The van der Waals surface area contributed by atoms with Crippen LogP contribution in [0.5, 0.6) is 0 Å². The topological polar surface area (TPSA) is 63.1 Å². The van der Waals surface area contributed by atoms with Crippen LogP contribution in [0.4, 0.5) is 0 Å². The summed E-state index contributed by atoms with van der Waals surface area (Å²) < 4.78 is 0. The Kier molecular flexibility index (Phi) is 2.49. The molecule has 6 heteroatoms. The van der Waals surface area contributed by atoms with E-state index in [1.807, 2.05) is 0 Å². The Balaban J connectivity index is 3.37. The fourth-order valence-electron chi connectivity index (χ4n) is 0.672. The highest BCUT2D eigenvalue weighted by molar-refractivity contribution is 6.32. The highest BCUT2D eigenvalue weighted by Crippen LogP contribution is 2.17. The number of carbonyl (C=O) groups is 1. The quantitative estimate of drug-likeness (QED) is 0.563. The number of aromatic carboxylic acids is 1. The van der Waals surface area contributed by atoms with E-state index in [0.29, 0.717) is 5.56 Å². The van der Waals surface area contributed by atoms with Crippen molar-refractivity contribution < 1.29 is 9.90 Å². The second-order valence-corrected chi connectivity index (χ2v) is 2.76. The summed E-state index contributed by atoms with van der Waals surface area (Å²) in [5.41, 5.74) is 0.147. The van der Waals surface area contributed by atoms with Gasteiger partial charge in [0.1, 0.15) is 5.15 Å². The molecule has 0 aliphatic heterocycles. The first-order valence-electron chi connectivity index (χ1n) is 2.95. The molecule has 0 aromatic carbocycles. The van der Waals surface area contributed by atoms with Crippen molar-refractivity contribution >= 4 is 29.2 Å². The van der Waals surface area contributed by atoms with E-state index in [4.69, 9.17) is 28.3 Å². The molecule has 1 rings (SSSR count). The van der Waals surface area contributed by atoms with Crippen LogP contribution in [0.2, 0.25) is 10.4 Å². The minimum Gasteiger partial charge on any atom is -0.476 e. The van der Waals surface area contributed by atoms with Gasteiger partial charge in [0.25, 0.3) is 0 Å². The van der Waals surface area contributed by atoms with Crippen LogP contribution >= 0.6 is 23.2 Å². The Hall–Kier alpha value is -0.870. The van der Waals surface area contributed by atoms with Crippen molar-refractivity contribution in [2.75, 3.05) is 0 Å². The predicted molar refractivity (Wildman–Crippen MR) is 43.7 cm³/mol. The van der Waals surface area contributed by atoms with Gasteiger partial charge in [-0.25, -0.2) is 14.8 Å². The first-order chi connectivity index (χ1) is 5.52. The van der Waals surface area contributed by atoms with Crippen LogP contribution in [0, 0.1) is 6.92 Å². The molecule has 0 aliphatic carbocycles. The molecule has 1 aromatic heterocycles. The molecule has 1 aromatic rings. The van der Waals surface area contributed by atoms with Gasteiger partial charge >= 0.3 is 5.97 Å². The van der Waals surface area contributed by atoms with Crippen LogP contribution < -0.4 is 0 Å². The molecule has 0 aliphatic rings. The molecule has 0 unspecified atom stereocenters. The number of carboxylic acid groups (broad SMARTS) is 1. The van der Waals surface area contributed by atoms with Gasteiger partial charge in [-0.05, 0) is 18.5 Å². The lowest BCUT2D eigenvalue weighted by molar-refractivity contribution is 0.0689. The van der Waals surface area contributed by atoms with Gasteiger partial charge in [-0.3, -0.25) is 0 Å². The summed E-state index contributed by atoms with van der Waals surface area (Å²) in [6.45, 7) is 1.52. The normalized spacial score (nSPS) is 9.92. The molecule has 0 radical (unpaired) electrons. The van der Waals surface area contributed by atoms with Gasteiger partial charge in [-0.2, -0.15) is 0 Å². The van der Waals surface area contributed by atoms with Crippen LogP contribution in [-0.4, -0.2) is 21.0 Å². The zero-order valence-electron chi connectivity index (χ0n) is 6.01. The van der Waals surface area contributed by atoms with Gasteiger partial charge in [0.15, 0.2) is 5.69 Å². The molecular formula is C6H4Cl2N2O2. The molecule has 0 amide bonds. The van der Waals surface area contributed by atoms with Crippen LogP contribution in [0.3, 0.4) is 0 Å². The highest BCUT2D eigenvalue weighted by atomic mass is 35.5. The first kappa shape index (κ1) is 9.22. The van der Waals surface area contributed by atoms with Crippen molar-refractivity contribution in [3.05, 3.63) is 21.7 Å². The standard InChI is InChI=1S/C6H4Cl2N2O2/c1-2-3(5(11)12)9-6(8)10-4(2)7/h1H3,(H,11,12). The zero-order chi connectivity index (χ0) is 9.30. The molecule has 1 heterocycles. The van der Waals surface area contributed by atoms with Crippen molar-refractivity contribution in [1.29, 1.82) is 0 Å².